The van der Waals surface area contributed by atoms with Crippen LogP contribution in [0.5, 0.6) is 5.88 Å². The summed E-state index contributed by atoms with van der Waals surface area (Å²) in [4.78, 5) is 25.4. The first kappa shape index (κ1) is 17.7. The van der Waals surface area contributed by atoms with Gasteiger partial charge in [-0.15, -0.1) is 11.8 Å². The number of thioether (sulfide) groups is 1. The van der Waals surface area contributed by atoms with Crippen LogP contribution in [0.25, 0.3) is 0 Å². The number of aliphatic carboxylic acids is 1. The number of hydrogen-bond donors (Lipinski definition) is 2. The number of carboxylic acid groups (broad SMARTS) is 1. The molecule has 0 aliphatic carbocycles. The fourth-order valence-electron chi connectivity index (χ4n) is 1.10. The highest BCUT2D eigenvalue weighted by Gasteiger charge is 2.16. The number of carbonyl (C=O) groups is 2. The SMILES string of the molecule is O=C(O)CSCC(=O)Nc1nc(OC(F)F)c(Cl)cc1Cl. The second-order valence-electron chi connectivity index (χ2n) is 3.42. The maximum Gasteiger partial charge on any atom is 0.388 e. The first-order valence-corrected chi connectivity index (χ1v) is 7.11. The molecule has 2 N–H and O–H groups in total. The summed E-state index contributed by atoms with van der Waals surface area (Å²) in [5, 5.41) is 10.4. The van der Waals surface area contributed by atoms with Crippen molar-refractivity contribution in [3.8, 4) is 5.88 Å². The van der Waals surface area contributed by atoms with Gasteiger partial charge in [-0.25, -0.2) is 0 Å². The lowest BCUT2D eigenvalue weighted by atomic mass is 10.4. The minimum absolute atomic E-state index is 0.0711. The van der Waals surface area contributed by atoms with Crippen molar-refractivity contribution in [1.29, 1.82) is 0 Å². The van der Waals surface area contributed by atoms with Gasteiger partial charge in [0.2, 0.25) is 11.8 Å². The van der Waals surface area contributed by atoms with Crippen molar-refractivity contribution >= 4 is 52.7 Å². The van der Waals surface area contributed by atoms with Crippen molar-refractivity contribution < 1.29 is 28.2 Å². The number of nitrogens with zero attached hydrogens (tertiary/aromatic N) is 1. The summed E-state index contributed by atoms with van der Waals surface area (Å²) in [6.45, 7) is -3.13. The van der Waals surface area contributed by atoms with E-state index in [-0.39, 0.29) is 27.4 Å². The Morgan fingerprint density at radius 2 is 2.05 bits per heavy atom. The number of carboxylic acids is 1. The number of anilines is 1. The van der Waals surface area contributed by atoms with E-state index in [0.717, 1.165) is 17.8 Å². The number of nitrogens with one attached hydrogen (secondary N) is 1. The van der Waals surface area contributed by atoms with Crippen LogP contribution in [0.2, 0.25) is 10.0 Å². The summed E-state index contributed by atoms with van der Waals surface area (Å²) >= 11 is 12.2. The maximum absolute atomic E-state index is 12.1. The first-order chi connectivity index (χ1) is 9.79. The Hall–Kier alpha value is -1.32. The summed E-state index contributed by atoms with van der Waals surface area (Å²) in [6.07, 6.45) is 0. The standard InChI is InChI=1S/C10H8Cl2F2N2O4S/c11-4-1-5(12)9(20-10(13)14)16-8(4)15-6(17)2-21-3-7(18)19/h1,10H,2-3H2,(H,18,19)(H,15,16,17). The lowest BCUT2D eigenvalue weighted by molar-refractivity contribution is -0.133. The Labute approximate surface area is 131 Å². The maximum atomic E-state index is 12.1. The number of alkyl halides is 2. The average molecular weight is 361 g/mol. The Morgan fingerprint density at radius 3 is 2.62 bits per heavy atom. The van der Waals surface area contributed by atoms with E-state index in [0.29, 0.717) is 0 Å². The van der Waals surface area contributed by atoms with Crippen LogP contribution in [0.1, 0.15) is 0 Å². The lowest BCUT2D eigenvalue weighted by Crippen LogP contribution is -2.17. The van der Waals surface area contributed by atoms with E-state index in [9.17, 15) is 18.4 Å². The van der Waals surface area contributed by atoms with Crippen LogP contribution in [0.3, 0.4) is 0 Å². The molecule has 0 aliphatic rings. The second kappa shape index (κ2) is 8.20. The number of amides is 1. The quantitative estimate of drug-likeness (QED) is 0.777. The summed E-state index contributed by atoms with van der Waals surface area (Å²) in [5.74, 6) is -2.88. The van der Waals surface area contributed by atoms with Crippen LogP contribution in [0.15, 0.2) is 6.07 Å². The number of hydrogen-bond acceptors (Lipinski definition) is 5. The number of aromatic nitrogens is 1. The van der Waals surface area contributed by atoms with Gasteiger partial charge < -0.3 is 15.2 Å². The molecule has 0 atom stereocenters. The van der Waals surface area contributed by atoms with E-state index in [2.05, 4.69) is 15.0 Å². The monoisotopic (exact) mass is 360 g/mol. The summed E-state index contributed by atoms with van der Waals surface area (Å²) in [6, 6.07) is 1.09. The molecule has 0 saturated heterocycles. The van der Waals surface area contributed by atoms with Gasteiger partial charge in [0, 0.05) is 0 Å². The van der Waals surface area contributed by atoms with Gasteiger partial charge in [0.1, 0.15) is 5.02 Å². The number of carbonyl (C=O) groups excluding carboxylic acids is 1. The Balaban J connectivity index is 2.73. The Morgan fingerprint density at radius 1 is 1.38 bits per heavy atom. The third-order valence-electron chi connectivity index (χ3n) is 1.81. The molecule has 0 spiro atoms. The van der Waals surface area contributed by atoms with Gasteiger partial charge in [-0.2, -0.15) is 13.8 Å². The molecule has 1 aromatic rings. The highest BCUT2D eigenvalue weighted by molar-refractivity contribution is 8.00. The highest BCUT2D eigenvalue weighted by atomic mass is 35.5. The molecule has 0 aromatic carbocycles. The molecule has 1 amide bonds. The van der Waals surface area contributed by atoms with Gasteiger partial charge in [-0.05, 0) is 6.07 Å². The van der Waals surface area contributed by atoms with Gasteiger partial charge >= 0.3 is 12.6 Å². The smallest absolute Gasteiger partial charge is 0.388 e. The summed E-state index contributed by atoms with van der Waals surface area (Å²) < 4.78 is 28.3. The third kappa shape index (κ3) is 6.32. The average Bonchev–Trinajstić information content (AvgIpc) is 2.34. The zero-order chi connectivity index (χ0) is 16.0. The number of rotatable bonds is 7. The van der Waals surface area contributed by atoms with E-state index in [1.807, 2.05) is 0 Å². The van der Waals surface area contributed by atoms with E-state index < -0.39 is 24.4 Å². The minimum Gasteiger partial charge on any atom is -0.481 e. The lowest BCUT2D eigenvalue weighted by Gasteiger charge is -2.10. The number of pyridine rings is 1. The van der Waals surface area contributed by atoms with Crippen molar-refractivity contribution in [3.05, 3.63) is 16.1 Å². The van der Waals surface area contributed by atoms with Crippen molar-refractivity contribution in [2.45, 2.75) is 6.61 Å². The number of ether oxygens (including phenoxy) is 1. The van der Waals surface area contributed by atoms with Gasteiger partial charge in [0.25, 0.3) is 0 Å². The summed E-state index contributed by atoms with van der Waals surface area (Å²) in [5.41, 5.74) is 0. The molecule has 6 nitrogen and oxygen atoms in total. The molecule has 0 unspecified atom stereocenters. The molecule has 0 bridgehead atoms. The third-order valence-corrected chi connectivity index (χ3v) is 3.29. The fraction of sp³-hybridized carbons (Fsp3) is 0.300. The van der Waals surface area contributed by atoms with Crippen LogP contribution in [0, 0.1) is 0 Å². The van der Waals surface area contributed by atoms with Crippen molar-refractivity contribution in [2.24, 2.45) is 0 Å². The molecule has 21 heavy (non-hydrogen) atoms. The van der Waals surface area contributed by atoms with E-state index in [4.69, 9.17) is 28.3 Å². The van der Waals surface area contributed by atoms with Crippen molar-refractivity contribution in [2.75, 3.05) is 16.8 Å². The van der Waals surface area contributed by atoms with E-state index in [1.54, 1.807) is 0 Å². The van der Waals surface area contributed by atoms with Gasteiger partial charge in [-0.3, -0.25) is 9.59 Å². The van der Waals surface area contributed by atoms with E-state index in [1.165, 1.54) is 0 Å². The molecule has 1 aromatic heterocycles. The molecule has 1 heterocycles. The second-order valence-corrected chi connectivity index (χ2v) is 5.22. The molecule has 0 fully saturated rings. The zero-order valence-corrected chi connectivity index (χ0v) is 12.4. The number of halogens is 4. The van der Waals surface area contributed by atoms with Crippen LogP contribution < -0.4 is 10.1 Å². The predicted octanol–water partition coefficient (Wildman–Crippen LogP) is 2.75. The minimum atomic E-state index is -3.13. The Bertz CT molecular complexity index is 548. The van der Waals surface area contributed by atoms with Crippen LogP contribution in [-0.2, 0) is 9.59 Å². The molecule has 0 saturated carbocycles. The van der Waals surface area contributed by atoms with Gasteiger partial charge in [-0.1, -0.05) is 23.2 Å². The predicted molar refractivity (Wildman–Crippen MR) is 74.5 cm³/mol. The van der Waals surface area contributed by atoms with Crippen LogP contribution in [0.4, 0.5) is 14.6 Å². The van der Waals surface area contributed by atoms with E-state index >= 15 is 0 Å². The molecule has 0 radical (unpaired) electrons. The Kier molecular flexibility index (Phi) is 6.93. The zero-order valence-electron chi connectivity index (χ0n) is 10.1. The molecule has 116 valence electrons. The first-order valence-electron chi connectivity index (χ1n) is 5.20. The van der Waals surface area contributed by atoms with Crippen LogP contribution >= 0.6 is 35.0 Å². The van der Waals surface area contributed by atoms with Crippen molar-refractivity contribution in [1.82, 2.24) is 4.98 Å². The molecular weight excluding hydrogens is 353 g/mol. The van der Waals surface area contributed by atoms with Crippen LogP contribution in [-0.4, -0.2) is 40.1 Å². The largest absolute Gasteiger partial charge is 0.481 e. The molecular formula is C10H8Cl2F2N2O4S. The molecule has 0 aliphatic heterocycles. The summed E-state index contributed by atoms with van der Waals surface area (Å²) in [7, 11) is 0. The fourth-order valence-corrected chi connectivity index (χ4v) is 2.09. The normalized spacial score (nSPS) is 10.5. The topological polar surface area (TPSA) is 88.5 Å². The highest BCUT2D eigenvalue weighted by Crippen LogP contribution is 2.31. The van der Waals surface area contributed by atoms with Crippen molar-refractivity contribution in [3.63, 3.8) is 0 Å². The van der Waals surface area contributed by atoms with Gasteiger partial charge in [0.15, 0.2) is 5.82 Å². The molecule has 11 heteroatoms. The van der Waals surface area contributed by atoms with Gasteiger partial charge in [0.05, 0.1) is 16.5 Å². The molecule has 1 rings (SSSR count).